The smallest absolute Gasteiger partial charge is 0.306 e. The summed E-state index contributed by atoms with van der Waals surface area (Å²) in [6, 6.07) is 0. The lowest BCUT2D eigenvalue weighted by molar-refractivity contribution is -0.150. The molecular formula is C50H98N2O6S. The molecule has 0 saturated carbocycles. The monoisotopic (exact) mass is 855 g/mol. The summed E-state index contributed by atoms with van der Waals surface area (Å²) in [6.07, 6.45) is 41.9. The van der Waals surface area contributed by atoms with Gasteiger partial charge in [-0.05, 0) is 90.3 Å². The van der Waals surface area contributed by atoms with E-state index in [-0.39, 0.29) is 24.1 Å². The van der Waals surface area contributed by atoms with E-state index in [4.69, 9.17) is 9.47 Å². The predicted molar refractivity (Wildman–Crippen MR) is 252 cm³/mol. The Hall–Kier alpha value is -1.45. The van der Waals surface area contributed by atoms with E-state index in [2.05, 4.69) is 32.3 Å². The molecule has 0 bridgehead atoms. The summed E-state index contributed by atoms with van der Waals surface area (Å²) in [6.45, 7) is 14.1. The molecule has 0 radical (unpaired) electrons. The molecule has 0 aromatic rings. The molecule has 0 aromatic carbocycles. The first-order valence-corrected chi connectivity index (χ1v) is 27.1. The topological polar surface area (TPSA) is 93.2 Å². The second-order valence-corrected chi connectivity index (χ2v) is 19.8. The van der Waals surface area contributed by atoms with Crippen molar-refractivity contribution in [2.75, 3.05) is 39.5 Å². The fourth-order valence-electron chi connectivity index (χ4n) is 7.91. The first kappa shape index (κ1) is 57.5. The minimum absolute atomic E-state index is 0.00639. The third-order valence-electron chi connectivity index (χ3n) is 11.9. The van der Waals surface area contributed by atoms with E-state index in [1.165, 1.54) is 107 Å². The van der Waals surface area contributed by atoms with E-state index in [0.717, 1.165) is 135 Å². The van der Waals surface area contributed by atoms with Crippen molar-refractivity contribution in [1.29, 1.82) is 0 Å². The normalized spacial score (nSPS) is 12.5. The van der Waals surface area contributed by atoms with E-state index in [0.29, 0.717) is 19.4 Å². The van der Waals surface area contributed by atoms with Crippen molar-refractivity contribution in [1.82, 2.24) is 9.21 Å². The molecule has 0 aliphatic carbocycles. The lowest BCUT2D eigenvalue weighted by atomic mass is 10.0. The number of sulfonamides is 1. The predicted octanol–water partition coefficient (Wildman–Crippen LogP) is 13.9. The van der Waals surface area contributed by atoms with Crippen LogP contribution in [-0.4, -0.2) is 81.3 Å². The second-order valence-electron chi connectivity index (χ2n) is 17.7. The van der Waals surface area contributed by atoms with Gasteiger partial charge in [0.2, 0.25) is 10.0 Å². The SMILES string of the molecule is C=CCC(CCCCCCCC)OC(=O)CCCCCCCN(CCCCCCCC(=O)OC(CCCCCCCC)CCCCCCCC)CCCN(C)S(C)(=O)=O. The molecular weight excluding hydrogens is 757 g/mol. The highest BCUT2D eigenvalue weighted by Gasteiger charge is 2.16. The van der Waals surface area contributed by atoms with Crippen LogP contribution in [0.25, 0.3) is 0 Å². The van der Waals surface area contributed by atoms with Gasteiger partial charge in [0.1, 0.15) is 12.2 Å². The van der Waals surface area contributed by atoms with Crippen molar-refractivity contribution >= 4 is 22.0 Å². The Morgan fingerprint density at radius 1 is 0.492 bits per heavy atom. The fourth-order valence-corrected chi connectivity index (χ4v) is 8.37. The summed E-state index contributed by atoms with van der Waals surface area (Å²) in [7, 11) is -1.51. The van der Waals surface area contributed by atoms with Crippen LogP contribution in [0.4, 0.5) is 0 Å². The third kappa shape index (κ3) is 39.2. The zero-order valence-corrected chi connectivity index (χ0v) is 40.6. The van der Waals surface area contributed by atoms with Crippen molar-refractivity contribution in [2.45, 2.75) is 258 Å². The van der Waals surface area contributed by atoms with Gasteiger partial charge in [-0.25, -0.2) is 12.7 Å². The first-order chi connectivity index (χ1) is 28.6. The van der Waals surface area contributed by atoms with Gasteiger partial charge in [-0.15, -0.1) is 6.58 Å². The number of hydrogen-bond acceptors (Lipinski definition) is 7. The zero-order chi connectivity index (χ0) is 43.7. The van der Waals surface area contributed by atoms with Crippen LogP contribution in [0.5, 0.6) is 0 Å². The van der Waals surface area contributed by atoms with Crippen LogP contribution in [0, 0.1) is 0 Å². The summed E-state index contributed by atoms with van der Waals surface area (Å²) in [5.74, 6) is -0.0765. The number of nitrogens with zero attached hydrogens (tertiary/aromatic N) is 2. The summed E-state index contributed by atoms with van der Waals surface area (Å²) in [5.41, 5.74) is 0. The molecule has 0 saturated heterocycles. The first-order valence-electron chi connectivity index (χ1n) is 25.2. The minimum atomic E-state index is -3.17. The lowest BCUT2D eigenvalue weighted by Crippen LogP contribution is -2.32. The molecule has 0 fully saturated rings. The highest BCUT2D eigenvalue weighted by Crippen LogP contribution is 2.19. The molecule has 1 unspecified atom stereocenters. The van der Waals surface area contributed by atoms with E-state index in [1.807, 2.05) is 6.08 Å². The number of hydrogen-bond donors (Lipinski definition) is 0. The van der Waals surface area contributed by atoms with E-state index in [1.54, 1.807) is 7.05 Å². The Labute approximate surface area is 367 Å². The van der Waals surface area contributed by atoms with Crippen molar-refractivity contribution < 1.29 is 27.5 Å². The summed E-state index contributed by atoms with van der Waals surface area (Å²) in [4.78, 5) is 27.9. The molecule has 9 heteroatoms. The molecule has 0 aliphatic heterocycles. The fraction of sp³-hybridized carbons (Fsp3) is 0.920. The van der Waals surface area contributed by atoms with Crippen molar-refractivity contribution in [2.24, 2.45) is 0 Å². The van der Waals surface area contributed by atoms with Gasteiger partial charge in [-0.3, -0.25) is 9.59 Å². The summed E-state index contributed by atoms with van der Waals surface area (Å²) < 4.78 is 37.1. The van der Waals surface area contributed by atoms with Gasteiger partial charge in [-0.1, -0.05) is 162 Å². The molecule has 0 amide bonds. The molecule has 1 atom stereocenters. The number of ether oxygens (including phenoxy) is 2. The van der Waals surface area contributed by atoms with Gasteiger partial charge < -0.3 is 14.4 Å². The highest BCUT2D eigenvalue weighted by molar-refractivity contribution is 7.88. The standard InChI is InChI=1S/C50H98N2O6S/c1-7-11-14-17-22-29-38-47(37-10-4)57-49(53)41-32-25-20-27-34-44-52(46-36-43-51(5)59(6,55)56)45-35-28-21-26-33-42-50(54)58-48(39-30-23-18-15-12-8-2)40-31-24-19-16-13-9-3/h10,47-48H,4,7-9,11-46H2,1-3,5-6H3. The maximum Gasteiger partial charge on any atom is 0.306 e. The van der Waals surface area contributed by atoms with Crippen LogP contribution in [0.1, 0.15) is 245 Å². The van der Waals surface area contributed by atoms with Gasteiger partial charge in [0, 0.05) is 32.9 Å². The molecule has 59 heavy (non-hydrogen) atoms. The van der Waals surface area contributed by atoms with Crippen molar-refractivity contribution in [3.63, 3.8) is 0 Å². The average molecular weight is 855 g/mol. The largest absolute Gasteiger partial charge is 0.462 e. The van der Waals surface area contributed by atoms with Crippen LogP contribution in [0.15, 0.2) is 12.7 Å². The van der Waals surface area contributed by atoms with Crippen LogP contribution in [0.2, 0.25) is 0 Å². The van der Waals surface area contributed by atoms with Gasteiger partial charge in [0.25, 0.3) is 0 Å². The van der Waals surface area contributed by atoms with Gasteiger partial charge >= 0.3 is 11.9 Å². The minimum Gasteiger partial charge on any atom is -0.462 e. The molecule has 0 N–H and O–H groups in total. The molecule has 0 aromatic heterocycles. The van der Waals surface area contributed by atoms with Crippen LogP contribution in [0.3, 0.4) is 0 Å². The molecule has 0 rings (SSSR count). The number of esters is 2. The third-order valence-corrected chi connectivity index (χ3v) is 13.2. The maximum absolute atomic E-state index is 12.8. The summed E-state index contributed by atoms with van der Waals surface area (Å²) in [5, 5.41) is 0. The van der Waals surface area contributed by atoms with Gasteiger partial charge in [0.15, 0.2) is 0 Å². The Morgan fingerprint density at radius 2 is 0.831 bits per heavy atom. The maximum atomic E-state index is 12.8. The van der Waals surface area contributed by atoms with Crippen LogP contribution >= 0.6 is 0 Å². The molecule has 0 heterocycles. The zero-order valence-electron chi connectivity index (χ0n) is 39.8. The Kier molecular flexibility index (Phi) is 40.9. The van der Waals surface area contributed by atoms with E-state index in [9.17, 15) is 18.0 Å². The summed E-state index contributed by atoms with van der Waals surface area (Å²) >= 11 is 0. The Balaban J connectivity index is 4.53. The molecule has 0 spiro atoms. The quantitative estimate of drug-likeness (QED) is 0.0342. The van der Waals surface area contributed by atoms with Crippen molar-refractivity contribution in [3.8, 4) is 0 Å². The molecule has 8 nitrogen and oxygen atoms in total. The van der Waals surface area contributed by atoms with Gasteiger partial charge in [-0.2, -0.15) is 0 Å². The Morgan fingerprint density at radius 3 is 1.24 bits per heavy atom. The molecule has 0 aliphatic rings. The number of rotatable bonds is 46. The number of unbranched alkanes of at least 4 members (excludes halogenated alkanes) is 23. The number of carbonyl (C=O) groups excluding carboxylic acids is 2. The van der Waals surface area contributed by atoms with Gasteiger partial charge in [0.05, 0.1) is 6.26 Å². The lowest BCUT2D eigenvalue weighted by Gasteiger charge is -2.23. The average Bonchev–Trinajstić information content (AvgIpc) is 3.20. The second kappa shape index (κ2) is 41.9. The molecule has 350 valence electrons. The number of carbonyl (C=O) groups is 2. The van der Waals surface area contributed by atoms with E-state index < -0.39 is 10.0 Å². The van der Waals surface area contributed by atoms with Crippen LogP contribution < -0.4 is 0 Å². The van der Waals surface area contributed by atoms with Crippen LogP contribution in [-0.2, 0) is 29.1 Å². The van der Waals surface area contributed by atoms with E-state index >= 15 is 0 Å². The Bertz CT molecular complexity index is 1050. The highest BCUT2D eigenvalue weighted by atomic mass is 32.2. The van der Waals surface area contributed by atoms with Crippen molar-refractivity contribution in [3.05, 3.63) is 12.7 Å².